The molecule has 0 saturated carbocycles. The summed E-state index contributed by atoms with van der Waals surface area (Å²) in [5, 5.41) is 11.8. The predicted octanol–water partition coefficient (Wildman–Crippen LogP) is 3.12. The van der Waals surface area contributed by atoms with Crippen molar-refractivity contribution in [2.75, 3.05) is 13.0 Å². The molecule has 3 rings (SSSR count). The Morgan fingerprint density at radius 2 is 1.89 bits per heavy atom. The van der Waals surface area contributed by atoms with Crippen LogP contribution in [-0.4, -0.2) is 33.1 Å². The van der Waals surface area contributed by atoms with E-state index in [0.29, 0.717) is 22.5 Å². The molecule has 146 valence electrons. The molecule has 1 aromatic heterocycles. The SMILES string of the molecule is COc1ccc(CNC(=O)[C@H](C)Sc2nnc(-c3ccc(Cl)cc3)n2N)cc1. The maximum atomic E-state index is 12.4. The van der Waals surface area contributed by atoms with Gasteiger partial charge < -0.3 is 15.9 Å². The molecule has 0 unspecified atom stereocenters. The molecule has 0 bridgehead atoms. The third-order valence-corrected chi connectivity index (χ3v) is 5.35. The van der Waals surface area contributed by atoms with Gasteiger partial charge in [0.05, 0.1) is 12.4 Å². The number of halogens is 1. The number of carbonyl (C=O) groups is 1. The summed E-state index contributed by atoms with van der Waals surface area (Å²) in [7, 11) is 1.62. The van der Waals surface area contributed by atoms with Gasteiger partial charge in [-0.2, -0.15) is 0 Å². The highest BCUT2D eigenvalue weighted by molar-refractivity contribution is 8.00. The number of aromatic nitrogens is 3. The monoisotopic (exact) mass is 417 g/mol. The van der Waals surface area contributed by atoms with Gasteiger partial charge in [-0.25, -0.2) is 4.68 Å². The Balaban J connectivity index is 1.60. The van der Waals surface area contributed by atoms with Crippen LogP contribution in [0.3, 0.4) is 0 Å². The fourth-order valence-electron chi connectivity index (χ4n) is 2.44. The van der Waals surface area contributed by atoms with Gasteiger partial charge in [0.1, 0.15) is 5.75 Å². The van der Waals surface area contributed by atoms with E-state index in [-0.39, 0.29) is 11.2 Å². The Hall–Kier alpha value is -2.71. The van der Waals surface area contributed by atoms with Gasteiger partial charge >= 0.3 is 0 Å². The van der Waals surface area contributed by atoms with Gasteiger partial charge in [0, 0.05) is 17.1 Å². The number of ether oxygens (including phenoxy) is 1. The smallest absolute Gasteiger partial charge is 0.233 e. The number of amides is 1. The molecule has 3 N–H and O–H groups in total. The molecule has 0 spiro atoms. The Morgan fingerprint density at radius 3 is 2.54 bits per heavy atom. The molecule has 0 saturated heterocycles. The number of nitrogens with zero attached hydrogens (tertiary/aromatic N) is 3. The van der Waals surface area contributed by atoms with Crippen LogP contribution in [0.5, 0.6) is 5.75 Å². The van der Waals surface area contributed by atoms with Gasteiger partial charge in [-0.05, 0) is 48.9 Å². The zero-order valence-corrected chi connectivity index (χ0v) is 17.0. The Bertz CT molecular complexity index is 944. The average molecular weight is 418 g/mol. The predicted molar refractivity (Wildman–Crippen MR) is 111 cm³/mol. The molecule has 1 heterocycles. The van der Waals surface area contributed by atoms with Crippen LogP contribution < -0.4 is 15.9 Å². The minimum Gasteiger partial charge on any atom is -0.497 e. The highest BCUT2D eigenvalue weighted by Crippen LogP contribution is 2.25. The molecule has 0 aliphatic heterocycles. The van der Waals surface area contributed by atoms with Crippen molar-refractivity contribution in [3.63, 3.8) is 0 Å². The fraction of sp³-hybridized carbons (Fsp3) is 0.211. The first-order valence-corrected chi connectivity index (χ1v) is 9.77. The number of hydrogen-bond donors (Lipinski definition) is 2. The lowest BCUT2D eigenvalue weighted by molar-refractivity contribution is -0.120. The molecule has 9 heteroatoms. The Kier molecular flexibility index (Phi) is 6.43. The average Bonchev–Trinajstić information content (AvgIpc) is 3.07. The molecule has 0 radical (unpaired) electrons. The van der Waals surface area contributed by atoms with E-state index in [1.165, 1.54) is 16.4 Å². The lowest BCUT2D eigenvalue weighted by atomic mass is 10.2. The normalized spacial score (nSPS) is 11.8. The zero-order valence-electron chi connectivity index (χ0n) is 15.4. The van der Waals surface area contributed by atoms with E-state index in [1.807, 2.05) is 36.4 Å². The summed E-state index contributed by atoms with van der Waals surface area (Å²) in [5.41, 5.74) is 1.78. The molecular weight excluding hydrogens is 398 g/mol. The highest BCUT2D eigenvalue weighted by atomic mass is 35.5. The summed E-state index contributed by atoms with van der Waals surface area (Å²) in [6.07, 6.45) is 0. The number of nitrogen functional groups attached to an aromatic ring is 1. The first-order chi connectivity index (χ1) is 13.5. The van der Waals surface area contributed by atoms with Crippen molar-refractivity contribution in [2.45, 2.75) is 23.9 Å². The van der Waals surface area contributed by atoms with Crippen molar-refractivity contribution in [3.05, 3.63) is 59.1 Å². The van der Waals surface area contributed by atoms with E-state index in [0.717, 1.165) is 16.9 Å². The van der Waals surface area contributed by atoms with Crippen molar-refractivity contribution in [2.24, 2.45) is 0 Å². The molecule has 28 heavy (non-hydrogen) atoms. The van der Waals surface area contributed by atoms with E-state index in [9.17, 15) is 4.79 Å². The number of methoxy groups -OCH3 is 1. The van der Waals surface area contributed by atoms with E-state index in [1.54, 1.807) is 26.2 Å². The first kappa shape index (κ1) is 20.0. The van der Waals surface area contributed by atoms with Gasteiger partial charge in [-0.3, -0.25) is 4.79 Å². The number of benzene rings is 2. The van der Waals surface area contributed by atoms with Crippen LogP contribution in [0.15, 0.2) is 53.7 Å². The molecular formula is C19H20ClN5O2S. The molecule has 7 nitrogen and oxygen atoms in total. The van der Waals surface area contributed by atoms with Crippen LogP contribution in [0.25, 0.3) is 11.4 Å². The van der Waals surface area contributed by atoms with E-state index in [2.05, 4.69) is 15.5 Å². The molecule has 2 aromatic carbocycles. The first-order valence-electron chi connectivity index (χ1n) is 8.51. The highest BCUT2D eigenvalue weighted by Gasteiger charge is 2.19. The summed E-state index contributed by atoms with van der Waals surface area (Å²) in [6, 6.07) is 14.7. The number of nitrogens with one attached hydrogen (secondary N) is 1. The molecule has 0 aliphatic rings. The van der Waals surface area contributed by atoms with Gasteiger partial charge in [-0.15, -0.1) is 10.2 Å². The van der Waals surface area contributed by atoms with Crippen LogP contribution in [0.1, 0.15) is 12.5 Å². The topological polar surface area (TPSA) is 95.1 Å². The van der Waals surface area contributed by atoms with Crippen LogP contribution >= 0.6 is 23.4 Å². The standard InChI is InChI=1S/C19H20ClN5O2S/c1-12(18(26)22-11-13-3-9-16(27-2)10-4-13)28-19-24-23-17(25(19)21)14-5-7-15(20)8-6-14/h3-10,12H,11,21H2,1-2H3,(H,22,26)/t12-/m0/s1. The van der Waals surface area contributed by atoms with Crippen molar-refractivity contribution in [1.82, 2.24) is 20.2 Å². The Morgan fingerprint density at radius 1 is 1.21 bits per heavy atom. The van der Waals surface area contributed by atoms with Gasteiger partial charge in [-0.1, -0.05) is 35.5 Å². The number of carbonyl (C=O) groups excluding carboxylic acids is 1. The third-order valence-electron chi connectivity index (χ3n) is 4.04. The molecule has 1 atom stereocenters. The maximum absolute atomic E-state index is 12.4. The van der Waals surface area contributed by atoms with Crippen LogP contribution in [0, 0.1) is 0 Å². The summed E-state index contributed by atoms with van der Waals surface area (Å²) < 4.78 is 6.50. The summed E-state index contributed by atoms with van der Waals surface area (Å²) >= 11 is 7.15. The van der Waals surface area contributed by atoms with E-state index >= 15 is 0 Å². The maximum Gasteiger partial charge on any atom is 0.233 e. The van der Waals surface area contributed by atoms with Crippen LogP contribution in [-0.2, 0) is 11.3 Å². The van der Waals surface area contributed by atoms with E-state index in [4.69, 9.17) is 22.2 Å². The van der Waals surface area contributed by atoms with Gasteiger partial charge in [0.2, 0.25) is 11.1 Å². The molecule has 1 amide bonds. The minimum atomic E-state index is -0.386. The minimum absolute atomic E-state index is 0.114. The second-order valence-electron chi connectivity index (χ2n) is 6.01. The zero-order chi connectivity index (χ0) is 20.1. The van der Waals surface area contributed by atoms with Crippen molar-refractivity contribution in [1.29, 1.82) is 0 Å². The van der Waals surface area contributed by atoms with Crippen molar-refractivity contribution in [3.8, 4) is 17.1 Å². The van der Waals surface area contributed by atoms with Gasteiger partial charge in [0.15, 0.2) is 5.82 Å². The second-order valence-corrected chi connectivity index (χ2v) is 7.75. The Labute approximate surface area is 172 Å². The third kappa shape index (κ3) is 4.76. The molecule has 0 fully saturated rings. The lowest BCUT2D eigenvalue weighted by Gasteiger charge is -2.12. The summed E-state index contributed by atoms with van der Waals surface area (Å²) in [6.45, 7) is 2.23. The number of thioether (sulfide) groups is 1. The van der Waals surface area contributed by atoms with Crippen molar-refractivity contribution < 1.29 is 9.53 Å². The number of hydrogen-bond acceptors (Lipinski definition) is 6. The molecule has 3 aromatic rings. The van der Waals surface area contributed by atoms with E-state index < -0.39 is 0 Å². The van der Waals surface area contributed by atoms with Crippen LogP contribution in [0.4, 0.5) is 0 Å². The number of nitrogens with two attached hydrogens (primary N) is 1. The number of rotatable bonds is 7. The summed E-state index contributed by atoms with van der Waals surface area (Å²) in [5.74, 6) is 7.27. The quantitative estimate of drug-likeness (QED) is 0.453. The summed E-state index contributed by atoms with van der Waals surface area (Å²) in [4.78, 5) is 12.4. The largest absolute Gasteiger partial charge is 0.497 e. The van der Waals surface area contributed by atoms with Crippen molar-refractivity contribution >= 4 is 29.3 Å². The molecule has 0 aliphatic carbocycles. The fourth-order valence-corrected chi connectivity index (χ4v) is 3.36. The lowest BCUT2D eigenvalue weighted by Crippen LogP contribution is -2.30. The second kappa shape index (κ2) is 8.99. The van der Waals surface area contributed by atoms with Crippen LogP contribution in [0.2, 0.25) is 5.02 Å². The van der Waals surface area contributed by atoms with Gasteiger partial charge in [0.25, 0.3) is 0 Å².